The number of carbonyl (C=O) groups is 2. The van der Waals surface area contributed by atoms with Gasteiger partial charge in [-0.25, -0.2) is 0 Å². The second kappa shape index (κ2) is 6.82. The Labute approximate surface area is 121 Å². The molecule has 0 spiro atoms. The first-order valence-corrected chi connectivity index (χ1v) is 6.20. The van der Waals surface area contributed by atoms with Gasteiger partial charge in [0, 0.05) is 7.05 Å². The SMILES string of the molecule is COC(=O)C(C(=O)OCC(C)C)c1c([N+](=O)[O-])cnn1C. The van der Waals surface area contributed by atoms with Crippen LogP contribution in [0.1, 0.15) is 25.5 Å². The molecule has 0 N–H and O–H groups in total. The number of methoxy groups -OCH3 is 1. The van der Waals surface area contributed by atoms with Crippen molar-refractivity contribution < 1.29 is 24.0 Å². The Morgan fingerprint density at radius 2 is 2.05 bits per heavy atom. The van der Waals surface area contributed by atoms with Crippen LogP contribution in [0.15, 0.2) is 6.20 Å². The van der Waals surface area contributed by atoms with Crippen LogP contribution in [0.2, 0.25) is 0 Å². The van der Waals surface area contributed by atoms with Crippen LogP contribution in [-0.4, -0.2) is 40.4 Å². The Balaban J connectivity index is 3.20. The quantitative estimate of drug-likeness (QED) is 0.330. The summed E-state index contributed by atoms with van der Waals surface area (Å²) >= 11 is 0. The molecule has 0 radical (unpaired) electrons. The number of nitro groups is 1. The van der Waals surface area contributed by atoms with E-state index in [1.54, 1.807) is 0 Å². The molecule has 1 atom stereocenters. The highest BCUT2D eigenvalue weighted by Gasteiger charge is 2.39. The minimum absolute atomic E-state index is 0.0637. The summed E-state index contributed by atoms with van der Waals surface area (Å²) in [6.07, 6.45) is 0.973. The number of carbonyl (C=O) groups excluding carboxylic acids is 2. The fourth-order valence-electron chi connectivity index (χ4n) is 1.68. The maximum Gasteiger partial charge on any atom is 0.326 e. The summed E-state index contributed by atoms with van der Waals surface area (Å²) in [7, 11) is 2.49. The number of aryl methyl sites for hydroxylation is 1. The third-order valence-corrected chi connectivity index (χ3v) is 2.67. The molecule has 116 valence electrons. The lowest BCUT2D eigenvalue weighted by Gasteiger charge is -2.15. The first-order chi connectivity index (χ1) is 9.79. The zero-order chi connectivity index (χ0) is 16.2. The van der Waals surface area contributed by atoms with Gasteiger partial charge in [-0.05, 0) is 5.92 Å². The van der Waals surface area contributed by atoms with Crippen molar-refractivity contribution >= 4 is 17.6 Å². The number of esters is 2. The maximum absolute atomic E-state index is 12.1. The summed E-state index contributed by atoms with van der Waals surface area (Å²) in [5.74, 6) is -3.31. The van der Waals surface area contributed by atoms with E-state index in [0.717, 1.165) is 18.0 Å². The summed E-state index contributed by atoms with van der Waals surface area (Å²) in [5, 5.41) is 14.7. The van der Waals surface area contributed by atoms with E-state index in [1.165, 1.54) is 7.05 Å². The zero-order valence-corrected chi connectivity index (χ0v) is 12.2. The number of ether oxygens (including phenoxy) is 2. The van der Waals surface area contributed by atoms with Crippen molar-refractivity contribution in [3.05, 3.63) is 22.0 Å². The molecule has 1 rings (SSSR count). The molecule has 1 heterocycles. The van der Waals surface area contributed by atoms with Gasteiger partial charge in [0.05, 0.1) is 18.6 Å². The van der Waals surface area contributed by atoms with Crippen LogP contribution in [0.4, 0.5) is 5.69 Å². The second-order valence-electron chi connectivity index (χ2n) is 4.78. The molecule has 1 aromatic rings. The standard InChI is InChI=1S/C12H17N3O6/c1-7(2)6-21-12(17)9(11(16)20-4)10-8(15(18)19)5-13-14(10)3/h5,7,9H,6H2,1-4H3. The lowest BCUT2D eigenvalue weighted by Crippen LogP contribution is -2.28. The van der Waals surface area contributed by atoms with Crippen molar-refractivity contribution in [1.29, 1.82) is 0 Å². The van der Waals surface area contributed by atoms with Gasteiger partial charge in [-0.3, -0.25) is 24.4 Å². The summed E-state index contributed by atoms with van der Waals surface area (Å²) in [4.78, 5) is 34.2. The number of hydrogen-bond acceptors (Lipinski definition) is 7. The van der Waals surface area contributed by atoms with Gasteiger partial charge in [-0.1, -0.05) is 13.8 Å². The van der Waals surface area contributed by atoms with E-state index >= 15 is 0 Å². The van der Waals surface area contributed by atoms with Gasteiger partial charge in [-0.15, -0.1) is 0 Å². The molecule has 0 amide bonds. The first-order valence-electron chi connectivity index (χ1n) is 6.20. The molecular weight excluding hydrogens is 282 g/mol. The molecule has 9 heteroatoms. The Morgan fingerprint density at radius 1 is 1.43 bits per heavy atom. The van der Waals surface area contributed by atoms with Crippen LogP contribution in [0.25, 0.3) is 0 Å². The zero-order valence-electron chi connectivity index (χ0n) is 12.2. The highest BCUT2D eigenvalue weighted by atomic mass is 16.6. The van der Waals surface area contributed by atoms with Gasteiger partial charge in [0.25, 0.3) is 0 Å². The predicted octanol–water partition coefficient (Wildman–Crippen LogP) is 0.784. The van der Waals surface area contributed by atoms with Crippen LogP contribution in [0.3, 0.4) is 0 Å². The van der Waals surface area contributed by atoms with E-state index in [0.29, 0.717) is 0 Å². The van der Waals surface area contributed by atoms with Gasteiger partial charge in [-0.2, -0.15) is 5.10 Å². The normalized spacial score (nSPS) is 12.0. The number of rotatable bonds is 6. The van der Waals surface area contributed by atoms with E-state index in [9.17, 15) is 19.7 Å². The Morgan fingerprint density at radius 3 is 2.52 bits per heavy atom. The predicted molar refractivity (Wildman–Crippen MR) is 70.4 cm³/mol. The maximum atomic E-state index is 12.1. The van der Waals surface area contributed by atoms with Gasteiger partial charge in [0.15, 0.2) is 0 Å². The van der Waals surface area contributed by atoms with Crippen LogP contribution in [-0.2, 0) is 26.1 Å². The lowest BCUT2D eigenvalue weighted by atomic mass is 10.0. The monoisotopic (exact) mass is 299 g/mol. The highest BCUT2D eigenvalue weighted by molar-refractivity contribution is 6.01. The molecule has 1 unspecified atom stereocenters. The van der Waals surface area contributed by atoms with Crippen LogP contribution < -0.4 is 0 Å². The smallest absolute Gasteiger partial charge is 0.326 e. The summed E-state index contributed by atoms with van der Waals surface area (Å²) in [6, 6.07) is 0. The Kier molecular flexibility index (Phi) is 5.39. The molecule has 0 bridgehead atoms. The summed E-state index contributed by atoms with van der Waals surface area (Å²) in [5.41, 5.74) is -0.602. The average molecular weight is 299 g/mol. The Hall–Kier alpha value is -2.45. The molecule has 0 aromatic carbocycles. The van der Waals surface area contributed by atoms with Crippen molar-refractivity contribution in [3.63, 3.8) is 0 Å². The summed E-state index contributed by atoms with van der Waals surface area (Å²) < 4.78 is 10.6. The fourth-order valence-corrected chi connectivity index (χ4v) is 1.68. The van der Waals surface area contributed by atoms with Crippen molar-refractivity contribution in [2.24, 2.45) is 13.0 Å². The highest BCUT2D eigenvalue weighted by Crippen LogP contribution is 2.28. The first kappa shape index (κ1) is 16.6. The lowest BCUT2D eigenvalue weighted by molar-refractivity contribution is -0.385. The molecule has 9 nitrogen and oxygen atoms in total. The molecule has 0 aliphatic heterocycles. The minimum atomic E-state index is -1.54. The molecular formula is C12H17N3O6. The Bertz CT molecular complexity index is 551. The van der Waals surface area contributed by atoms with E-state index in [1.807, 2.05) is 13.8 Å². The molecule has 1 aromatic heterocycles. The molecule has 21 heavy (non-hydrogen) atoms. The minimum Gasteiger partial charge on any atom is -0.468 e. The van der Waals surface area contributed by atoms with E-state index in [-0.39, 0.29) is 18.2 Å². The van der Waals surface area contributed by atoms with Gasteiger partial charge in [0.2, 0.25) is 5.92 Å². The van der Waals surface area contributed by atoms with Crippen LogP contribution in [0.5, 0.6) is 0 Å². The topological polar surface area (TPSA) is 114 Å². The van der Waals surface area contributed by atoms with Crippen molar-refractivity contribution in [1.82, 2.24) is 9.78 Å². The number of aromatic nitrogens is 2. The summed E-state index contributed by atoms with van der Waals surface area (Å²) in [6.45, 7) is 3.75. The van der Waals surface area contributed by atoms with E-state index in [2.05, 4.69) is 9.84 Å². The van der Waals surface area contributed by atoms with Crippen molar-refractivity contribution in [2.75, 3.05) is 13.7 Å². The molecule has 0 aliphatic rings. The molecule has 0 fully saturated rings. The van der Waals surface area contributed by atoms with Gasteiger partial charge in [0.1, 0.15) is 11.9 Å². The molecule has 0 saturated heterocycles. The van der Waals surface area contributed by atoms with Gasteiger partial charge >= 0.3 is 17.6 Å². The number of hydrogen-bond donors (Lipinski definition) is 0. The van der Waals surface area contributed by atoms with Gasteiger partial charge < -0.3 is 9.47 Å². The molecule has 0 aliphatic carbocycles. The van der Waals surface area contributed by atoms with Crippen molar-refractivity contribution in [3.8, 4) is 0 Å². The average Bonchev–Trinajstić information content (AvgIpc) is 2.78. The van der Waals surface area contributed by atoms with Crippen LogP contribution >= 0.6 is 0 Å². The third-order valence-electron chi connectivity index (χ3n) is 2.67. The number of nitrogens with zero attached hydrogens (tertiary/aromatic N) is 3. The van der Waals surface area contributed by atoms with E-state index < -0.39 is 28.5 Å². The third kappa shape index (κ3) is 3.77. The largest absolute Gasteiger partial charge is 0.468 e. The van der Waals surface area contributed by atoms with E-state index in [4.69, 9.17) is 4.74 Å². The molecule has 0 saturated carbocycles. The van der Waals surface area contributed by atoms with Crippen LogP contribution in [0, 0.1) is 16.0 Å². The van der Waals surface area contributed by atoms with Crippen molar-refractivity contribution in [2.45, 2.75) is 19.8 Å². The fraction of sp³-hybridized carbons (Fsp3) is 0.583. The second-order valence-corrected chi connectivity index (χ2v) is 4.78.